The molecule has 0 spiro atoms. The van der Waals surface area contributed by atoms with Crippen molar-refractivity contribution >= 4 is 55.8 Å². The van der Waals surface area contributed by atoms with E-state index in [4.69, 9.17) is 27.6 Å². The molecule has 4 rings (SSSR count). The fourth-order valence-corrected chi connectivity index (χ4v) is 3.04. The second kappa shape index (κ2) is 4.45. The van der Waals surface area contributed by atoms with Crippen LogP contribution in [0.15, 0.2) is 51.7 Å². The van der Waals surface area contributed by atoms with Crippen molar-refractivity contribution < 1.29 is 4.42 Å². The molecule has 0 unspecified atom stereocenters. The van der Waals surface area contributed by atoms with Gasteiger partial charge in [-0.15, -0.1) is 0 Å². The third-order valence-electron chi connectivity index (χ3n) is 3.47. The number of rotatable bonds is 0. The average molecular weight is 316 g/mol. The molecule has 0 aliphatic carbocycles. The lowest BCUT2D eigenvalue weighted by molar-refractivity contribution is 0.570. The fourth-order valence-electron chi connectivity index (χ4n) is 2.58. The fraction of sp³-hybridized carbons (Fsp3) is 0. The number of hydrogen-bond donors (Lipinski definition) is 0. The number of pyridine rings is 1. The topological polar surface area (TPSA) is 43.1 Å². The van der Waals surface area contributed by atoms with Crippen LogP contribution in [0.3, 0.4) is 0 Å². The molecular formula is C16H7Cl2NO2. The van der Waals surface area contributed by atoms with Crippen LogP contribution < -0.4 is 5.63 Å². The zero-order valence-electron chi connectivity index (χ0n) is 10.6. The van der Waals surface area contributed by atoms with Crippen LogP contribution in [0.4, 0.5) is 0 Å². The van der Waals surface area contributed by atoms with Gasteiger partial charge >= 0.3 is 5.63 Å². The summed E-state index contributed by atoms with van der Waals surface area (Å²) in [5.74, 6) is 0. The smallest absolute Gasteiger partial charge is 0.344 e. The summed E-state index contributed by atoms with van der Waals surface area (Å²) in [6.07, 6.45) is 0. The van der Waals surface area contributed by atoms with E-state index < -0.39 is 5.63 Å². The molecule has 4 aromatic rings. The maximum atomic E-state index is 12.4. The zero-order valence-corrected chi connectivity index (χ0v) is 12.1. The van der Waals surface area contributed by atoms with Gasteiger partial charge in [0, 0.05) is 21.2 Å². The number of nitrogens with zero attached hydrogens (tertiary/aromatic N) is 1. The number of hydrogen-bond acceptors (Lipinski definition) is 3. The molecule has 3 nitrogen and oxygen atoms in total. The minimum atomic E-state index is -0.444. The van der Waals surface area contributed by atoms with Crippen LogP contribution in [-0.2, 0) is 0 Å². The van der Waals surface area contributed by atoms with Gasteiger partial charge in [0.2, 0.25) is 0 Å². The van der Waals surface area contributed by atoms with Crippen molar-refractivity contribution in [2.75, 3.05) is 0 Å². The van der Waals surface area contributed by atoms with Crippen molar-refractivity contribution in [3.63, 3.8) is 0 Å². The molecule has 2 aromatic heterocycles. The average Bonchev–Trinajstić information content (AvgIpc) is 2.47. The summed E-state index contributed by atoms with van der Waals surface area (Å²) in [7, 11) is 0. The Balaban J connectivity index is 2.41. The minimum absolute atomic E-state index is 0.281. The Kier molecular flexibility index (Phi) is 2.67. The summed E-state index contributed by atoms with van der Waals surface area (Å²) in [5.41, 5.74) is 0.653. The molecule has 0 saturated heterocycles. The first kappa shape index (κ1) is 12.6. The number of fused-ring (bicyclic) bond motifs is 5. The Bertz CT molecular complexity index is 1090. The van der Waals surface area contributed by atoms with Crippen molar-refractivity contribution in [1.82, 2.24) is 4.98 Å². The molecule has 0 bridgehead atoms. The van der Waals surface area contributed by atoms with Crippen molar-refractivity contribution in [1.29, 1.82) is 0 Å². The van der Waals surface area contributed by atoms with Gasteiger partial charge in [0.15, 0.2) is 0 Å². The Morgan fingerprint density at radius 1 is 0.952 bits per heavy atom. The molecule has 0 amide bonds. The molecular weight excluding hydrogens is 309 g/mol. The summed E-state index contributed by atoms with van der Waals surface area (Å²) < 4.78 is 5.39. The van der Waals surface area contributed by atoms with Crippen molar-refractivity contribution in [3.05, 3.63) is 63.1 Å². The van der Waals surface area contributed by atoms with Gasteiger partial charge in [-0.2, -0.15) is 0 Å². The summed E-state index contributed by atoms with van der Waals surface area (Å²) in [5, 5.41) is 3.21. The molecule has 0 aliphatic rings. The molecule has 21 heavy (non-hydrogen) atoms. The minimum Gasteiger partial charge on any atom is -0.422 e. The highest BCUT2D eigenvalue weighted by Crippen LogP contribution is 2.33. The van der Waals surface area contributed by atoms with E-state index in [0.29, 0.717) is 32.3 Å². The lowest BCUT2D eigenvalue weighted by Crippen LogP contribution is -2.02. The van der Waals surface area contributed by atoms with Crippen molar-refractivity contribution in [2.45, 2.75) is 0 Å². The van der Waals surface area contributed by atoms with Crippen LogP contribution in [0.5, 0.6) is 0 Å². The van der Waals surface area contributed by atoms with Gasteiger partial charge in [-0.1, -0.05) is 41.4 Å². The van der Waals surface area contributed by atoms with E-state index in [-0.39, 0.29) is 5.15 Å². The molecule has 0 radical (unpaired) electrons. The number of para-hydroxylation sites is 1. The van der Waals surface area contributed by atoms with E-state index in [1.165, 1.54) is 0 Å². The first-order chi connectivity index (χ1) is 10.1. The zero-order chi connectivity index (χ0) is 14.6. The second-order valence-electron chi connectivity index (χ2n) is 4.70. The molecule has 0 N–H and O–H groups in total. The summed E-state index contributed by atoms with van der Waals surface area (Å²) >= 11 is 12.3. The largest absolute Gasteiger partial charge is 0.422 e. The van der Waals surface area contributed by atoms with Gasteiger partial charge in [-0.25, -0.2) is 9.78 Å². The lowest BCUT2D eigenvalue weighted by atomic mass is 10.1. The molecule has 0 atom stereocenters. The van der Waals surface area contributed by atoms with Gasteiger partial charge in [-0.05, 0) is 24.3 Å². The Hall–Kier alpha value is -2.10. The monoisotopic (exact) mass is 315 g/mol. The van der Waals surface area contributed by atoms with E-state index in [0.717, 1.165) is 5.39 Å². The highest BCUT2D eigenvalue weighted by atomic mass is 35.5. The van der Waals surface area contributed by atoms with Crippen LogP contribution in [0.25, 0.3) is 32.6 Å². The van der Waals surface area contributed by atoms with E-state index in [1.54, 1.807) is 30.3 Å². The summed E-state index contributed by atoms with van der Waals surface area (Å²) in [4.78, 5) is 16.7. The van der Waals surface area contributed by atoms with Crippen LogP contribution in [-0.4, -0.2) is 4.98 Å². The molecule has 0 fully saturated rings. The third-order valence-corrected chi connectivity index (χ3v) is 3.97. The van der Waals surface area contributed by atoms with Crippen LogP contribution >= 0.6 is 23.2 Å². The number of halogens is 2. The predicted octanol–water partition coefficient (Wildman–Crippen LogP) is 4.80. The van der Waals surface area contributed by atoms with E-state index in [1.807, 2.05) is 12.1 Å². The maximum absolute atomic E-state index is 12.4. The van der Waals surface area contributed by atoms with Gasteiger partial charge in [-0.3, -0.25) is 0 Å². The molecule has 5 heteroatoms. The molecule has 2 heterocycles. The first-order valence-electron chi connectivity index (χ1n) is 6.25. The van der Waals surface area contributed by atoms with E-state index >= 15 is 0 Å². The summed E-state index contributed by atoms with van der Waals surface area (Å²) in [6, 6.07) is 12.4. The van der Waals surface area contributed by atoms with Gasteiger partial charge in [0.05, 0.1) is 10.9 Å². The third kappa shape index (κ3) is 1.82. The maximum Gasteiger partial charge on any atom is 0.344 e. The normalized spacial score (nSPS) is 11.5. The Labute approximate surface area is 128 Å². The highest BCUT2D eigenvalue weighted by Gasteiger charge is 2.15. The number of aromatic nitrogens is 1. The first-order valence-corrected chi connectivity index (χ1v) is 7.01. The van der Waals surface area contributed by atoms with Gasteiger partial charge < -0.3 is 4.42 Å². The highest BCUT2D eigenvalue weighted by molar-refractivity contribution is 6.38. The number of benzene rings is 2. The van der Waals surface area contributed by atoms with Gasteiger partial charge in [0.1, 0.15) is 10.7 Å². The van der Waals surface area contributed by atoms with Crippen molar-refractivity contribution in [2.24, 2.45) is 0 Å². The molecule has 102 valence electrons. The molecule has 2 aromatic carbocycles. The molecule has 0 saturated carbocycles. The Morgan fingerprint density at radius 3 is 2.62 bits per heavy atom. The quantitative estimate of drug-likeness (QED) is 0.266. The van der Waals surface area contributed by atoms with Crippen LogP contribution in [0, 0.1) is 0 Å². The molecule has 0 aliphatic heterocycles. The standard InChI is InChI=1S/C16H7Cl2NO2/c17-8-5-6-11-10(7-8)14-13(15(18)19-11)9-3-1-2-4-12(9)21-16(14)20/h1-7H. The van der Waals surface area contributed by atoms with E-state index in [9.17, 15) is 4.79 Å². The lowest BCUT2D eigenvalue weighted by Gasteiger charge is -2.07. The SMILES string of the molecule is O=c1oc2ccccc2c2c(Cl)nc3ccc(Cl)cc3c12. The second-order valence-corrected chi connectivity index (χ2v) is 5.49. The van der Waals surface area contributed by atoms with Crippen molar-refractivity contribution in [3.8, 4) is 0 Å². The Morgan fingerprint density at radius 2 is 1.76 bits per heavy atom. The van der Waals surface area contributed by atoms with E-state index in [2.05, 4.69) is 4.98 Å². The van der Waals surface area contributed by atoms with Crippen LogP contribution in [0.1, 0.15) is 0 Å². The van der Waals surface area contributed by atoms with Gasteiger partial charge in [0.25, 0.3) is 0 Å². The predicted molar refractivity (Wildman–Crippen MR) is 85.3 cm³/mol. The van der Waals surface area contributed by atoms with Crippen LogP contribution in [0.2, 0.25) is 10.2 Å². The summed E-state index contributed by atoms with van der Waals surface area (Å²) in [6.45, 7) is 0.